The normalized spacial score (nSPS) is 14.7. The molecule has 0 aliphatic heterocycles. The molecule has 0 saturated carbocycles. The fourth-order valence-corrected chi connectivity index (χ4v) is 3.52. The van der Waals surface area contributed by atoms with Gasteiger partial charge in [0.25, 0.3) is 0 Å². The summed E-state index contributed by atoms with van der Waals surface area (Å²) in [4.78, 5) is 79.5. The van der Waals surface area contributed by atoms with Gasteiger partial charge >= 0.3 is 5.97 Å². The van der Waals surface area contributed by atoms with E-state index in [4.69, 9.17) is 0 Å². The van der Waals surface area contributed by atoms with Gasteiger partial charge in [-0.05, 0) is 39.2 Å². The van der Waals surface area contributed by atoms with E-state index in [9.17, 15) is 33.9 Å². The molecule has 0 aromatic carbocycles. The molecule has 1 aromatic heterocycles. The van der Waals surface area contributed by atoms with Crippen molar-refractivity contribution in [2.75, 3.05) is 12.0 Å². The van der Waals surface area contributed by atoms with E-state index in [1.807, 2.05) is 6.26 Å². The molecule has 0 fully saturated rings. The first-order chi connectivity index (χ1) is 17.3. The van der Waals surface area contributed by atoms with E-state index in [1.165, 1.54) is 52.0 Å². The zero-order valence-electron chi connectivity index (χ0n) is 21.4. The minimum Gasteiger partial charge on any atom is -0.480 e. The highest BCUT2D eigenvalue weighted by Gasteiger charge is 2.28. The summed E-state index contributed by atoms with van der Waals surface area (Å²) in [7, 11) is 0. The van der Waals surface area contributed by atoms with E-state index in [-0.39, 0.29) is 12.8 Å². The number of rotatable bonds is 15. The number of carboxylic acids is 1. The van der Waals surface area contributed by atoms with Crippen molar-refractivity contribution in [2.24, 2.45) is 0 Å². The van der Waals surface area contributed by atoms with Crippen molar-refractivity contribution in [1.29, 1.82) is 0 Å². The van der Waals surface area contributed by atoms with Gasteiger partial charge in [0.05, 0.1) is 6.33 Å². The average Bonchev–Trinajstić information content (AvgIpc) is 3.33. The van der Waals surface area contributed by atoms with E-state index in [0.29, 0.717) is 11.4 Å². The van der Waals surface area contributed by atoms with E-state index >= 15 is 0 Å². The molecule has 0 aliphatic carbocycles. The van der Waals surface area contributed by atoms with E-state index in [0.717, 1.165) is 0 Å². The van der Waals surface area contributed by atoms with Gasteiger partial charge in [-0.15, -0.1) is 0 Å². The molecule has 5 amide bonds. The van der Waals surface area contributed by atoms with Crippen molar-refractivity contribution in [2.45, 2.75) is 70.7 Å². The number of carbonyl (C=O) groups excluding carboxylic acids is 5. The number of H-pyrrole nitrogens is 1. The summed E-state index contributed by atoms with van der Waals surface area (Å²) >= 11 is 1.44. The SMILES string of the molecule is CSCC[C@H](NC(=O)[C@H](C)NC(=O)[C@H](C)NC(=O)[C@H](C)NC(=O)[C@H](Cc1cnc[nH]1)NC(C)=O)C(=O)O. The minimum absolute atomic E-state index is 0.124. The monoisotopic (exact) mass is 541 g/mol. The van der Waals surface area contributed by atoms with Crippen LogP contribution in [0.25, 0.3) is 0 Å². The van der Waals surface area contributed by atoms with Crippen LogP contribution in [-0.2, 0) is 35.2 Å². The van der Waals surface area contributed by atoms with Crippen LogP contribution in [0.3, 0.4) is 0 Å². The fraction of sp³-hybridized carbons (Fsp3) is 0.591. The highest BCUT2D eigenvalue weighted by Crippen LogP contribution is 2.02. The van der Waals surface area contributed by atoms with Crippen LogP contribution >= 0.6 is 11.8 Å². The molecule has 0 unspecified atom stereocenters. The summed E-state index contributed by atoms with van der Waals surface area (Å²) in [5, 5.41) is 21.5. The number of thioether (sulfide) groups is 1. The minimum atomic E-state index is -1.18. The smallest absolute Gasteiger partial charge is 0.326 e. The van der Waals surface area contributed by atoms with Crippen LogP contribution in [-0.4, -0.2) is 92.8 Å². The molecule has 0 saturated heterocycles. The molecule has 7 N–H and O–H groups in total. The van der Waals surface area contributed by atoms with Crippen LogP contribution < -0.4 is 26.6 Å². The number of nitrogens with one attached hydrogen (secondary N) is 6. The van der Waals surface area contributed by atoms with Crippen molar-refractivity contribution in [1.82, 2.24) is 36.6 Å². The molecule has 206 valence electrons. The summed E-state index contributed by atoms with van der Waals surface area (Å²) in [6.45, 7) is 5.45. The Hall–Kier alpha value is -3.62. The summed E-state index contributed by atoms with van der Waals surface area (Å²) in [5.74, 6) is -3.71. The van der Waals surface area contributed by atoms with Gasteiger partial charge in [0.1, 0.15) is 30.2 Å². The molecule has 1 heterocycles. The Morgan fingerprint density at radius 3 is 1.81 bits per heavy atom. The molecule has 15 heteroatoms. The Balaban J connectivity index is 2.62. The van der Waals surface area contributed by atoms with Crippen molar-refractivity contribution in [3.8, 4) is 0 Å². The lowest BCUT2D eigenvalue weighted by atomic mass is 10.1. The van der Waals surface area contributed by atoms with Crippen LogP contribution in [0.15, 0.2) is 12.5 Å². The number of imidazole rings is 1. The number of aromatic nitrogens is 2. The first kappa shape index (κ1) is 31.4. The lowest BCUT2D eigenvalue weighted by molar-refractivity contribution is -0.142. The second-order valence-corrected chi connectivity index (χ2v) is 9.39. The fourth-order valence-electron chi connectivity index (χ4n) is 3.05. The number of hydrogen-bond donors (Lipinski definition) is 7. The second kappa shape index (κ2) is 15.5. The average molecular weight is 542 g/mol. The highest BCUT2D eigenvalue weighted by atomic mass is 32.2. The third-order valence-corrected chi connectivity index (χ3v) is 5.80. The van der Waals surface area contributed by atoms with Crippen molar-refractivity contribution < 1.29 is 33.9 Å². The van der Waals surface area contributed by atoms with Crippen LogP contribution in [0.1, 0.15) is 39.8 Å². The Morgan fingerprint density at radius 2 is 1.38 bits per heavy atom. The second-order valence-electron chi connectivity index (χ2n) is 8.41. The maximum absolute atomic E-state index is 12.7. The number of amides is 5. The Bertz CT molecular complexity index is 957. The molecule has 0 aliphatic rings. The molecule has 5 atom stereocenters. The standard InChI is InChI=1S/C22H35N7O7S/c1-11(18(31)26-13(3)20(33)29-16(22(35)36)6-7-37-5)25-19(32)12(2)27-21(34)17(28-14(4)30)8-15-9-23-10-24-15/h9-13,16-17H,6-8H2,1-5H3,(H,23,24)(H,25,32)(H,26,31)(H,27,34)(H,28,30)(H,29,33)(H,35,36)/t11-,12-,13-,16-,17-/m0/s1. The molecule has 1 aromatic rings. The third kappa shape index (κ3) is 11.3. The Morgan fingerprint density at radius 1 is 0.865 bits per heavy atom. The van der Waals surface area contributed by atoms with Gasteiger partial charge in [-0.2, -0.15) is 11.8 Å². The van der Waals surface area contributed by atoms with Gasteiger partial charge in [0, 0.05) is 25.2 Å². The first-order valence-electron chi connectivity index (χ1n) is 11.5. The van der Waals surface area contributed by atoms with E-state index in [2.05, 4.69) is 36.6 Å². The quantitative estimate of drug-likeness (QED) is 0.135. The third-order valence-electron chi connectivity index (χ3n) is 5.15. The summed E-state index contributed by atoms with van der Waals surface area (Å²) in [6.07, 6.45) is 5.10. The predicted molar refractivity (Wildman–Crippen MR) is 135 cm³/mol. The van der Waals surface area contributed by atoms with Crippen molar-refractivity contribution >= 4 is 47.3 Å². The Kier molecular flexibility index (Phi) is 13.1. The lowest BCUT2D eigenvalue weighted by Crippen LogP contribution is -2.57. The predicted octanol–water partition coefficient (Wildman–Crippen LogP) is -1.71. The number of nitrogens with zero attached hydrogens (tertiary/aromatic N) is 1. The van der Waals surface area contributed by atoms with Crippen LogP contribution in [0.2, 0.25) is 0 Å². The molecule has 37 heavy (non-hydrogen) atoms. The summed E-state index contributed by atoms with van der Waals surface area (Å²) in [5.41, 5.74) is 0.605. The molecular formula is C22H35N7O7S. The van der Waals surface area contributed by atoms with Crippen molar-refractivity contribution in [3.63, 3.8) is 0 Å². The number of aromatic amines is 1. The maximum Gasteiger partial charge on any atom is 0.326 e. The van der Waals surface area contributed by atoms with E-state index in [1.54, 1.807) is 0 Å². The van der Waals surface area contributed by atoms with Crippen molar-refractivity contribution in [3.05, 3.63) is 18.2 Å². The summed E-state index contributed by atoms with van der Waals surface area (Å²) < 4.78 is 0. The van der Waals surface area contributed by atoms with Gasteiger partial charge in [0.2, 0.25) is 29.5 Å². The van der Waals surface area contributed by atoms with Gasteiger partial charge in [-0.3, -0.25) is 24.0 Å². The summed E-state index contributed by atoms with van der Waals surface area (Å²) in [6, 6.07) is -5.21. The van der Waals surface area contributed by atoms with Crippen LogP contribution in [0, 0.1) is 0 Å². The molecule has 0 bridgehead atoms. The Labute approximate surface area is 218 Å². The van der Waals surface area contributed by atoms with E-state index < -0.39 is 65.7 Å². The maximum atomic E-state index is 12.7. The highest BCUT2D eigenvalue weighted by molar-refractivity contribution is 7.98. The molecular weight excluding hydrogens is 506 g/mol. The largest absolute Gasteiger partial charge is 0.480 e. The first-order valence-corrected chi connectivity index (χ1v) is 12.9. The zero-order valence-corrected chi connectivity index (χ0v) is 22.2. The topological polar surface area (TPSA) is 211 Å². The lowest BCUT2D eigenvalue weighted by Gasteiger charge is -2.23. The molecule has 0 spiro atoms. The van der Waals surface area contributed by atoms with Gasteiger partial charge in [-0.25, -0.2) is 9.78 Å². The molecule has 0 radical (unpaired) electrons. The van der Waals surface area contributed by atoms with Gasteiger partial charge in [-0.1, -0.05) is 0 Å². The van der Waals surface area contributed by atoms with Gasteiger partial charge in [0.15, 0.2) is 0 Å². The van der Waals surface area contributed by atoms with Gasteiger partial charge < -0.3 is 36.7 Å². The number of carboxylic acid groups (broad SMARTS) is 1. The van der Waals surface area contributed by atoms with Crippen LogP contribution in [0.4, 0.5) is 0 Å². The van der Waals surface area contributed by atoms with Crippen LogP contribution in [0.5, 0.6) is 0 Å². The number of aliphatic carboxylic acids is 1. The number of hydrogen-bond acceptors (Lipinski definition) is 8. The molecule has 1 rings (SSSR count). The number of carbonyl (C=O) groups is 6. The zero-order chi connectivity index (χ0) is 28.1. The molecule has 14 nitrogen and oxygen atoms in total.